The van der Waals surface area contributed by atoms with Gasteiger partial charge in [-0.05, 0) is 6.42 Å². The Hall–Kier alpha value is -0.620. The molecule has 0 aromatic heterocycles. The number of ether oxygens (including phenoxy) is 1. The van der Waals surface area contributed by atoms with Crippen LogP contribution in [-0.4, -0.2) is 21.5 Å². The second-order valence-corrected chi connectivity index (χ2v) is 2.00. The molecule has 0 heterocycles. The summed E-state index contributed by atoms with van der Waals surface area (Å²) in [5.74, 6) is 0. The number of hydrogen-bond donors (Lipinski definition) is 1. The maximum absolute atomic E-state index is 10.2. The second kappa shape index (κ2) is 5.19. The van der Waals surface area contributed by atoms with Gasteiger partial charge in [-0.25, -0.2) is 4.79 Å². The van der Waals surface area contributed by atoms with Crippen molar-refractivity contribution in [2.45, 2.75) is 13.3 Å². The van der Waals surface area contributed by atoms with Crippen molar-refractivity contribution in [2.24, 2.45) is 0 Å². The fourth-order valence-electron chi connectivity index (χ4n) is 0.268. The first-order chi connectivity index (χ1) is 4.66. The highest BCUT2D eigenvalue weighted by Crippen LogP contribution is 1.88. The summed E-state index contributed by atoms with van der Waals surface area (Å²) in [6, 6.07) is 0. The third kappa shape index (κ3) is 5.52. The Morgan fingerprint density at radius 1 is 1.70 bits per heavy atom. The maximum atomic E-state index is 10.2. The van der Waals surface area contributed by atoms with E-state index in [2.05, 4.69) is 8.92 Å². The van der Waals surface area contributed by atoms with E-state index in [1.54, 1.807) is 6.92 Å². The van der Waals surface area contributed by atoms with Gasteiger partial charge in [-0.2, -0.15) is 4.21 Å². The maximum Gasteiger partial charge on any atom is 0.524 e. The number of carbonyl (C=O) groups excluding carboxylic acids is 1. The van der Waals surface area contributed by atoms with Crippen molar-refractivity contribution in [3.8, 4) is 0 Å². The van der Waals surface area contributed by atoms with Crippen LogP contribution in [0.3, 0.4) is 0 Å². The lowest BCUT2D eigenvalue weighted by atomic mass is 10.5. The molecule has 1 atom stereocenters. The van der Waals surface area contributed by atoms with E-state index in [0.717, 1.165) is 0 Å². The Morgan fingerprint density at radius 2 is 2.30 bits per heavy atom. The Bertz CT molecular complexity index is 134. The molecule has 1 unspecified atom stereocenters. The zero-order valence-electron chi connectivity index (χ0n) is 5.40. The summed E-state index contributed by atoms with van der Waals surface area (Å²) < 4.78 is 25.7. The van der Waals surface area contributed by atoms with Crippen molar-refractivity contribution >= 4 is 17.5 Å². The molecule has 10 heavy (non-hydrogen) atoms. The molecule has 0 aromatic rings. The van der Waals surface area contributed by atoms with Crippen LogP contribution in [0.15, 0.2) is 0 Å². The first kappa shape index (κ1) is 9.38. The normalized spacial score (nSPS) is 12.2. The highest BCUT2D eigenvalue weighted by Gasteiger charge is 2.05. The van der Waals surface area contributed by atoms with E-state index in [-0.39, 0.29) is 6.61 Å². The average Bonchev–Trinajstić information content (AvgIpc) is 1.82. The minimum Gasteiger partial charge on any atom is -0.433 e. The summed E-state index contributed by atoms with van der Waals surface area (Å²) in [6.07, 6.45) is -0.477. The van der Waals surface area contributed by atoms with E-state index < -0.39 is 17.5 Å². The summed E-state index contributed by atoms with van der Waals surface area (Å²) in [5.41, 5.74) is 0. The van der Waals surface area contributed by atoms with Gasteiger partial charge in [0.1, 0.15) is 0 Å². The van der Waals surface area contributed by atoms with Crippen LogP contribution in [0, 0.1) is 0 Å². The van der Waals surface area contributed by atoms with E-state index in [0.29, 0.717) is 6.42 Å². The molecule has 0 bridgehead atoms. The summed E-state index contributed by atoms with van der Waals surface area (Å²) in [5, 5.41) is 0. The van der Waals surface area contributed by atoms with E-state index in [4.69, 9.17) is 4.55 Å². The molecule has 0 radical (unpaired) electrons. The molecule has 0 aliphatic carbocycles. The number of rotatable bonds is 3. The fourth-order valence-corrected chi connectivity index (χ4v) is 0.432. The van der Waals surface area contributed by atoms with Gasteiger partial charge in [-0.3, -0.25) is 4.55 Å². The van der Waals surface area contributed by atoms with Crippen molar-refractivity contribution in [3.63, 3.8) is 0 Å². The molecule has 0 aliphatic heterocycles. The van der Waals surface area contributed by atoms with E-state index in [1.165, 1.54) is 0 Å². The molecule has 0 amide bonds. The van der Waals surface area contributed by atoms with Crippen LogP contribution in [0.5, 0.6) is 0 Å². The van der Waals surface area contributed by atoms with Crippen LogP contribution in [0.25, 0.3) is 0 Å². The molecule has 0 fully saturated rings. The molecular formula is C4H8O5S. The van der Waals surface area contributed by atoms with Crippen LogP contribution in [-0.2, 0) is 20.3 Å². The van der Waals surface area contributed by atoms with Crippen LogP contribution in [0.4, 0.5) is 4.79 Å². The minimum atomic E-state index is -2.57. The summed E-state index contributed by atoms with van der Waals surface area (Å²) in [4.78, 5) is 10.2. The number of carbonyl (C=O) groups is 1. The van der Waals surface area contributed by atoms with E-state index in [1.807, 2.05) is 0 Å². The monoisotopic (exact) mass is 168 g/mol. The second-order valence-electron chi connectivity index (χ2n) is 1.40. The van der Waals surface area contributed by atoms with Crippen molar-refractivity contribution in [1.82, 2.24) is 0 Å². The Kier molecular flexibility index (Phi) is 4.87. The van der Waals surface area contributed by atoms with Gasteiger partial charge in [0, 0.05) is 0 Å². The Morgan fingerprint density at radius 3 is 2.70 bits per heavy atom. The molecule has 0 saturated heterocycles. The fraction of sp³-hybridized carbons (Fsp3) is 0.750. The van der Waals surface area contributed by atoms with Crippen molar-refractivity contribution < 1.29 is 22.5 Å². The van der Waals surface area contributed by atoms with Crippen molar-refractivity contribution in [2.75, 3.05) is 6.61 Å². The van der Waals surface area contributed by atoms with Gasteiger partial charge >= 0.3 is 17.5 Å². The molecule has 0 spiro atoms. The van der Waals surface area contributed by atoms with Gasteiger partial charge < -0.3 is 8.92 Å². The summed E-state index contributed by atoms with van der Waals surface area (Å²) in [7, 11) is 0. The standard InChI is InChI=1S/C4H8O5S/c1-2-3-8-4(5)9-10(6)7/h2-3H2,1H3,(H,6,7). The topological polar surface area (TPSA) is 72.8 Å². The Balaban J connectivity index is 3.35. The van der Waals surface area contributed by atoms with E-state index >= 15 is 0 Å². The molecule has 0 aliphatic rings. The summed E-state index contributed by atoms with van der Waals surface area (Å²) >= 11 is -2.57. The average molecular weight is 168 g/mol. The van der Waals surface area contributed by atoms with Gasteiger partial charge in [0.15, 0.2) is 0 Å². The zero-order valence-corrected chi connectivity index (χ0v) is 6.22. The lowest BCUT2D eigenvalue weighted by Gasteiger charge is -1.98. The highest BCUT2D eigenvalue weighted by molar-refractivity contribution is 7.74. The molecular weight excluding hydrogens is 160 g/mol. The molecule has 5 nitrogen and oxygen atoms in total. The van der Waals surface area contributed by atoms with Crippen LogP contribution in [0.1, 0.15) is 13.3 Å². The molecule has 6 heteroatoms. The van der Waals surface area contributed by atoms with Gasteiger partial charge in [0.25, 0.3) is 0 Å². The third-order valence-corrected chi connectivity index (χ3v) is 0.842. The Labute approximate surface area is 60.8 Å². The lowest BCUT2D eigenvalue weighted by molar-refractivity contribution is 0.101. The van der Waals surface area contributed by atoms with Crippen LogP contribution in [0.2, 0.25) is 0 Å². The molecule has 0 aromatic carbocycles. The quantitative estimate of drug-likeness (QED) is 0.495. The first-order valence-corrected chi connectivity index (χ1v) is 3.66. The van der Waals surface area contributed by atoms with Crippen molar-refractivity contribution in [1.29, 1.82) is 0 Å². The molecule has 60 valence electrons. The van der Waals surface area contributed by atoms with Crippen LogP contribution >= 0.6 is 0 Å². The minimum absolute atomic E-state index is 0.191. The predicted octanol–water partition coefficient (Wildman–Crippen LogP) is 0.686. The predicted molar refractivity (Wildman–Crippen MR) is 33.5 cm³/mol. The summed E-state index contributed by atoms with van der Waals surface area (Å²) in [6.45, 7) is 1.99. The van der Waals surface area contributed by atoms with E-state index in [9.17, 15) is 9.00 Å². The lowest BCUT2D eigenvalue weighted by Crippen LogP contribution is -2.09. The van der Waals surface area contributed by atoms with Gasteiger partial charge in [0.05, 0.1) is 6.61 Å². The zero-order chi connectivity index (χ0) is 7.98. The SMILES string of the molecule is CCCOC(=O)OS(=O)O. The smallest absolute Gasteiger partial charge is 0.433 e. The largest absolute Gasteiger partial charge is 0.524 e. The third-order valence-electron chi connectivity index (χ3n) is 0.563. The molecule has 0 saturated carbocycles. The molecule has 1 N–H and O–H groups in total. The van der Waals surface area contributed by atoms with Crippen molar-refractivity contribution in [3.05, 3.63) is 0 Å². The van der Waals surface area contributed by atoms with Crippen LogP contribution < -0.4 is 0 Å². The highest BCUT2D eigenvalue weighted by atomic mass is 32.2. The first-order valence-electron chi connectivity index (χ1n) is 2.62. The van der Waals surface area contributed by atoms with Gasteiger partial charge in [-0.15, -0.1) is 0 Å². The van der Waals surface area contributed by atoms with Gasteiger partial charge in [-0.1, -0.05) is 6.92 Å². The molecule has 0 rings (SSSR count). The van der Waals surface area contributed by atoms with Gasteiger partial charge in [0.2, 0.25) is 0 Å². The number of hydrogen-bond acceptors (Lipinski definition) is 4.